The first-order valence-corrected chi connectivity index (χ1v) is 9.17. The summed E-state index contributed by atoms with van der Waals surface area (Å²) in [6.45, 7) is -0.0957. The molecule has 1 aliphatic rings. The average molecular weight is 441 g/mol. The molecule has 10 heteroatoms. The summed E-state index contributed by atoms with van der Waals surface area (Å²) >= 11 is 5.61. The molecule has 6 nitrogen and oxygen atoms in total. The van der Waals surface area contributed by atoms with Crippen molar-refractivity contribution in [3.05, 3.63) is 52.5 Å². The van der Waals surface area contributed by atoms with E-state index in [-0.39, 0.29) is 35.9 Å². The normalized spacial score (nSPS) is 13.5. The molecule has 0 radical (unpaired) electrons. The van der Waals surface area contributed by atoms with E-state index >= 15 is 0 Å². The van der Waals surface area contributed by atoms with Gasteiger partial charge in [-0.3, -0.25) is 14.4 Å². The van der Waals surface area contributed by atoms with Crippen molar-refractivity contribution >= 4 is 40.6 Å². The van der Waals surface area contributed by atoms with E-state index in [4.69, 9.17) is 16.3 Å². The Kier molecular flexibility index (Phi) is 6.02. The number of ether oxygens (including phenoxy) is 1. The number of likely N-dealkylation sites (N-methyl/N-ethyl adjacent to an activating group) is 1. The van der Waals surface area contributed by atoms with Crippen LogP contribution in [-0.2, 0) is 15.8 Å². The summed E-state index contributed by atoms with van der Waals surface area (Å²) in [5, 5.41) is 2.06. The summed E-state index contributed by atoms with van der Waals surface area (Å²) in [5.74, 6) is -0.958. The monoisotopic (exact) mass is 440 g/mol. The third-order valence-electron chi connectivity index (χ3n) is 4.51. The highest BCUT2D eigenvalue weighted by Gasteiger charge is 2.34. The molecule has 0 unspecified atom stereocenters. The van der Waals surface area contributed by atoms with Crippen molar-refractivity contribution in [3.8, 4) is 5.75 Å². The van der Waals surface area contributed by atoms with Crippen molar-refractivity contribution in [1.29, 1.82) is 0 Å². The Labute approximate surface area is 174 Å². The second-order valence-corrected chi connectivity index (χ2v) is 7.02. The molecule has 0 spiro atoms. The Morgan fingerprint density at radius 3 is 2.60 bits per heavy atom. The van der Waals surface area contributed by atoms with E-state index in [1.165, 1.54) is 23.1 Å². The van der Waals surface area contributed by atoms with Crippen LogP contribution in [0.1, 0.15) is 28.8 Å². The fraction of sp³-hybridized carbons (Fsp3) is 0.250. The lowest BCUT2D eigenvalue weighted by Crippen LogP contribution is -2.35. The number of rotatable bonds is 5. The summed E-state index contributed by atoms with van der Waals surface area (Å²) in [6, 6.07) is 7.53. The second kappa shape index (κ2) is 8.35. The maximum Gasteiger partial charge on any atom is 0.418 e. The molecule has 1 N–H and O–H groups in total. The van der Waals surface area contributed by atoms with Gasteiger partial charge in [0, 0.05) is 30.5 Å². The molecule has 2 aromatic carbocycles. The molecule has 1 aliphatic heterocycles. The van der Waals surface area contributed by atoms with Crippen LogP contribution >= 0.6 is 11.6 Å². The van der Waals surface area contributed by atoms with E-state index in [9.17, 15) is 27.6 Å². The van der Waals surface area contributed by atoms with Crippen molar-refractivity contribution in [2.75, 3.05) is 23.9 Å². The third kappa shape index (κ3) is 4.73. The van der Waals surface area contributed by atoms with E-state index in [0.29, 0.717) is 11.4 Å². The molecule has 30 heavy (non-hydrogen) atoms. The van der Waals surface area contributed by atoms with Gasteiger partial charge in [-0.15, -0.1) is 0 Å². The minimum atomic E-state index is -4.70. The Balaban J connectivity index is 1.66. The van der Waals surface area contributed by atoms with Crippen LogP contribution in [0.4, 0.5) is 24.5 Å². The van der Waals surface area contributed by atoms with Crippen LogP contribution in [-0.4, -0.2) is 31.3 Å². The van der Waals surface area contributed by atoms with Gasteiger partial charge in [-0.25, -0.2) is 0 Å². The third-order valence-corrected chi connectivity index (χ3v) is 4.74. The van der Waals surface area contributed by atoms with Crippen LogP contribution in [0.3, 0.4) is 0 Å². The quantitative estimate of drug-likeness (QED) is 0.703. The topological polar surface area (TPSA) is 75.7 Å². The zero-order valence-corrected chi connectivity index (χ0v) is 16.4. The fourth-order valence-electron chi connectivity index (χ4n) is 2.89. The van der Waals surface area contributed by atoms with Crippen LogP contribution in [0, 0.1) is 0 Å². The number of alkyl halides is 3. The maximum absolute atomic E-state index is 13.1. The van der Waals surface area contributed by atoms with Crippen molar-refractivity contribution in [3.63, 3.8) is 0 Å². The number of hydrogen-bond acceptors (Lipinski definition) is 4. The minimum Gasteiger partial charge on any atom is -0.482 e. The first-order valence-electron chi connectivity index (χ1n) is 8.79. The van der Waals surface area contributed by atoms with Gasteiger partial charge in [-0.05, 0) is 36.4 Å². The number of benzene rings is 2. The van der Waals surface area contributed by atoms with Gasteiger partial charge in [0.15, 0.2) is 12.4 Å². The number of hydrogen-bond donors (Lipinski definition) is 1. The largest absolute Gasteiger partial charge is 0.482 e. The summed E-state index contributed by atoms with van der Waals surface area (Å²) in [7, 11) is 1.55. The Morgan fingerprint density at radius 1 is 1.17 bits per heavy atom. The Morgan fingerprint density at radius 2 is 1.90 bits per heavy atom. The summed E-state index contributed by atoms with van der Waals surface area (Å²) in [4.78, 5) is 37.6. The van der Waals surface area contributed by atoms with E-state index < -0.39 is 29.1 Å². The number of anilines is 2. The number of carbonyl (C=O) groups is 3. The van der Waals surface area contributed by atoms with Crippen molar-refractivity contribution in [1.82, 2.24) is 0 Å². The van der Waals surface area contributed by atoms with Gasteiger partial charge in [0.1, 0.15) is 5.75 Å². The molecule has 0 saturated heterocycles. The molecule has 3 rings (SSSR count). The van der Waals surface area contributed by atoms with Crippen molar-refractivity contribution < 1.29 is 32.3 Å². The molecular weight excluding hydrogens is 425 g/mol. The summed E-state index contributed by atoms with van der Waals surface area (Å²) in [6.07, 6.45) is -5.24. The van der Waals surface area contributed by atoms with Crippen LogP contribution in [0.2, 0.25) is 5.02 Å². The lowest BCUT2D eigenvalue weighted by Gasteiger charge is -2.26. The number of carbonyl (C=O) groups excluding carboxylic acids is 3. The first kappa shape index (κ1) is 21.6. The Bertz CT molecular complexity index is 1020. The zero-order valence-electron chi connectivity index (χ0n) is 15.7. The molecule has 2 aromatic rings. The molecule has 0 aromatic heterocycles. The highest BCUT2D eigenvalue weighted by atomic mass is 35.5. The predicted molar refractivity (Wildman–Crippen MR) is 104 cm³/mol. The highest BCUT2D eigenvalue weighted by molar-refractivity contribution is 6.30. The SMILES string of the molecule is CN1C(=O)COc2ccc(C(=O)CCC(=O)Nc3ccc(Cl)cc3C(F)(F)F)cc21. The molecule has 0 fully saturated rings. The van der Waals surface area contributed by atoms with Gasteiger partial charge in [0.25, 0.3) is 5.91 Å². The van der Waals surface area contributed by atoms with Gasteiger partial charge in [0.05, 0.1) is 16.9 Å². The lowest BCUT2D eigenvalue weighted by molar-refractivity contribution is -0.137. The number of ketones is 1. The standard InChI is InChI=1S/C20H16ClF3N2O4/c1-26-15-8-11(2-6-17(15)30-10-19(26)29)16(27)5-7-18(28)25-14-4-3-12(21)9-13(14)20(22,23)24/h2-4,6,8-9H,5,7,10H2,1H3,(H,25,28). The maximum atomic E-state index is 13.1. The predicted octanol–water partition coefficient (Wildman–Crippen LogP) is 4.32. The van der Waals surface area contributed by atoms with Crippen LogP contribution < -0.4 is 15.0 Å². The fourth-order valence-corrected chi connectivity index (χ4v) is 3.06. The number of nitrogens with one attached hydrogen (secondary N) is 1. The first-order chi connectivity index (χ1) is 14.1. The van der Waals surface area contributed by atoms with Gasteiger partial charge in [-0.1, -0.05) is 11.6 Å². The average Bonchev–Trinajstić information content (AvgIpc) is 2.69. The van der Waals surface area contributed by atoms with E-state index in [1.807, 2.05) is 0 Å². The van der Waals surface area contributed by atoms with Crippen molar-refractivity contribution in [2.24, 2.45) is 0 Å². The molecule has 1 heterocycles. The zero-order chi connectivity index (χ0) is 22.1. The molecule has 0 aliphatic carbocycles. The lowest BCUT2D eigenvalue weighted by atomic mass is 10.0. The second-order valence-electron chi connectivity index (χ2n) is 6.58. The van der Waals surface area contributed by atoms with Crippen LogP contribution in [0.25, 0.3) is 0 Å². The number of fused-ring (bicyclic) bond motifs is 1. The number of amides is 2. The van der Waals surface area contributed by atoms with Gasteiger partial charge in [0.2, 0.25) is 5.91 Å². The summed E-state index contributed by atoms with van der Waals surface area (Å²) in [5.41, 5.74) is -0.820. The molecule has 0 saturated carbocycles. The molecule has 0 bridgehead atoms. The summed E-state index contributed by atoms with van der Waals surface area (Å²) < 4.78 is 44.6. The van der Waals surface area contributed by atoms with Crippen LogP contribution in [0.15, 0.2) is 36.4 Å². The van der Waals surface area contributed by atoms with Gasteiger partial charge >= 0.3 is 6.18 Å². The number of Topliss-reactive ketones (excluding diaryl/α,β-unsaturated/α-hetero) is 1. The molecule has 158 valence electrons. The Hall–Kier alpha value is -3.07. The van der Waals surface area contributed by atoms with E-state index in [0.717, 1.165) is 12.1 Å². The van der Waals surface area contributed by atoms with Gasteiger partial charge in [-0.2, -0.15) is 13.2 Å². The molecular formula is C20H16ClF3N2O4. The highest BCUT2D eigenvalue weighted by Crippen LogP contribution is 2.36. The minimum absolute atomic E-state index is 0.0957. The van der Waals surface area contributed by atoms with E-state index in [1.54, 1.807) is 13.1 Å². The van der Waals surface area contributed by atoms with E-state index in [2.05, 4.69) is 5.32 Å². The number of nitrogens with zero attached hydrogens (tertiary/aromatic N) is 1. The van der Waals surface area contributed by atoms with Crippen molar-refractivity contribution in [2.45, 2.75) is 19.0 Å². The molecule has 0 atom stereocenters. The smallest absolute Gasteiger partial charge is 0.418 e. The van der Waals surface area contributed by atoms with Crippen LogP contribution in [0.5, 0.6) is 5.75 Å². The molecule has 2 amide bonds. The number of halogens is 4. The van der Waals surface area contributed by atoms with Gasteiger partial charge < -0.3 is 15.0 Å².